The standard InChI is InChI=1S/C21H27NO7/c23-18-13-14-19(24)22(18)29-20(25)12-6-4-2-1-3-5-9-15-28-17-11-8-7-10-16(17)21(26)27/h7-8,10-11H,1-6,9,12-15H2,(H,26,27). The Kier molecular flexibility index (Phi) is 9.14. The molecule has 1 N–H and O–H groups in total. The van der Waals surface area contributed by atoms with Gasteiger partial charge in [0.1, 0.15) is 11.3 Å². The summed E-state index contributed by atoms with van der Waals surface area (Å²) < 4.78 is 5.56. The highest BCUT2D eigenvalue weighted by atomic mass is 16.7. The molecule has 0 aromatic heterocycles. The molecule has 0 aliphatic carbocycles. The van der Waals surface area contributed by atoms with Crippen LogP contribution in [0.5, 0.6) is 5.75 Å². The molecule has 158 valence electrons. The van der Waals surface area contributed by atoms with Crippen molar-refractivity contribution in [1.82, 2.24) is 5.06 Å². The van der Waals surface area contributed by atoms with Gasteiger partial charge in [0.25, 0.3) is 11.8 Å². The monoisotopic (exact) mass is 405 g/mol. The second-order valence-corrected chi connectivity index (χ2v) is 6.92. The fraction of sp³-hybridized carbons (Fsp3) is 0.524. The fourth-order valence-corrected chi connectivity index (χ4v) is 3.01. The van der Waals surface area contributed by atoms with Crippen molar-refractivity contribution < 1.29 is 33.9 Å². The van der Waals surface area contributed by atoms with Crippen LogP contribution in [-0.4, -0.2) is 40.5 Å². The molecule has 1 aromatic carbocycles. The van der Waals surface area contributed by atoms with E-state index in [9.17, 15) is 19.2 Å². The second kappa shape index (κ2) is 11.8. The highest BCUT2D eigenvalue weighted by Gasteiger charge is 2.32. The number of hydroxylamine groups is 2. The number of hydrogen-bond donors (Lipinski definition) is 1. The van der Waals surface area contributed by atoms with Crippen molar-refractivity contribution >= 4 is 23.8 Å². The smallest absolute Gasteiger partial charge is 0.339 e. The highest BCUT2D eigenvalue weighted by molar-refractivity contribution is 6.01. The maximum Gasteiger partial charge on any atom is 0.339 e. The molecule has 2 amide bonds. The van der Waals surface area contributed by atoms with Gasteiger partial charge in [-0.1, -0.05) is 44.2 Å². The summed E-state index contributed by atoms with van der Waals surface area (Å²) in [5.41, 5.74) is 0.171. The molecule has 1 aliphatic rings. The van der Waals surface area contributed by atoms with Gasteiger partial charge in [-0.2, -0.15) is 0 Å². The van der Waals surface area contributed by atoms with Crippen LogP contribution in [0.1, 0.15) is 74.6 Å². The zero-order valence-corrected chi connectivity index (χ0v) is 16.4. The highest BCUT2D eigenvalue weighted by Crippen LogP contribution is 2.18. The number of unbranched alkanes of at least 4 members (excludes halogenated alkanes) is 6. The van der Waals surface area contributed by atoms with Crippen molar-refractivity contribution in [3.63, 3.8) is 0 Å². The number of ether oxygens (including phenoxy) is 1. The van der Waals surface area contributed by atoms with Gasteiger partial charge in [0.05, 0.1) is 6.61 Å². The van der Waals surface area contributed by atoms with Gasteiger partial charge in [-0.25, -0.2) is 9.59 Å². The molecular formula is C21H27NO7. The Morgan fingerprint density at radius 3 is 2.14 bits per heavy atom. The molecule has 0 saturated carbocycles. The molecule has 0 bridgehead atoms. The lowest BCUT2D eigenvalue weighted by molar-refractivity contribution is -0.197. The molecule has 1 aromatic rings. The number of imide groups is 1. The summed E-state index contributed by atoms with van der Waals surface area (Å²) in [6.45, 7) is 0.476. The van der Waals surface area contributed by atoms with Crippen LogP contribution in [-0.2, 0) is 19.2 Å². The van der Waals surface area contributed by atoms with Crippen LogP contribution in [0.4, 0.5) is 0 Å². The summed E-state index contributed by atoms with van der Waals surface area (Å²) in [6.07, 6.45) is 6.80. The fourth-order valence-electron chi connectivity index (χ4n) is 3.01. The zero-order valence-electron chi connectivity index (χ0n) is 16.4. The molecule has 8 nitrogen and oxygen atoms in total. The predicted molar refractivity (Wildman–Crippen MR) is 103 cm³/mol. The minimum atomic E-state index is -0.997. The second-order valence-electron chi connectivity index (χ2n) is 6.92. The molecule has 1 aliphatic heterocycles. The van der Waals surface area contributed by atoms with E-state index in [1.807, 2.05) is 0 Å². The third-order valence-electron chi connectivity index (χ3n) is 4.60. The average molecular weight is 405 g/mol. The summed E-state index contributed by atoms with van der Waals surface area (Å²) in [6, 6.07) is 6.60. The first-order valence-corrected chi connectivity index (χ1v) is 10.0. The van der Waals surface area contributed by atoms with Crippen molar-refractivity contribution in [2.75, 3.05) is 6.61 Å². The lowest BCUT2D eigenvalue weighted by Gasteiger charge is -2.12. The van der Waals surface area contributed by atoms with Gasteiger partial charge in [-0.05, 0) is 25.0 Å². The number of carboxylic acids is 1. The number of amides is 2. The molecule has 1 saturated heterocycles. The maximum absolute atomic E-state index is 11.7. The Morgan fingerprint density at radius 1 is 0.897 bits per heavy atom. The Bertz CT molecular complexity index is 715. The summed E-state index contributed by atoms with van der Waals surface area (Å²) in [5, 5.41) is 9.68. The molecule has 29 heavy (non-hydrogen) atoms. The van der Waals surface area contributed by atoms with Gasteiger partial charge < -0.3 is 14.7 Å². The van der Waals surface area contributed by atoms with Crippen LogP contribution < -0.4 is 4.74 Å². The first-order valence-electron chi connectivity index (χ1n) is 10.0. The first kappa shape index (κ1) is 22.4. The summed E-state index contributed by atoms with van der Waals surface area (Å²) >= 11 is 0. The van der Waals surface area contributed by atoms with Gasteiger partial charge in [0, 0.05) is 19.3 Å². The number of para-hydroxylation sites is 1. The van der Waals surface area contributed by atoms with Crippen molar-refractivity contribution in [3.8, 4) is 5.75 Å². The summed E-state index contributed by atoms with van der Waals surface area (Å²) in [7, 11) is 0. The Balaban J connectivity index is 1.45. The molecular weight excluding hydrogens is 378 g/mol. The van der Waals surface area contributed by atoms with Crippen LogP contribution in [0.25, 0.3) is 0 Å². The molecule has 0 spiro atoms. The molecule has 1 fully saturated rings. The average Bonchev–Trinajstić information content (AvgIpc) is 3.01. The maximum atomic E-state index is 11.7. The van der Waals surface area contributed by atoms with Crippen molar-refractivity contribution in [2.45, 2.75) is 64.2 Å². The van der Waals surface area contributed by atoms with E-state index in [4.69, 9.17) is 14.7 Å². The number of aromatic carboxylic acids is 1. The molecule has 1 heterocycles. The number of rotatable bonds is 13. The van der Waals surface area contributed by atoms with E-state index in [2.05, 4.69) is 0 Å². The van der Waals surface area contributed by atoms with Gasteiger partial charge in [0.15, 0.2) is 0 Å². The molecule has 2 rings (SSSR count). The van der Waals surface area contributed by atoms with E-state index in [1.165, 1.54) is 6.07 Å². The van der Waals surface area contributed by atoms with Crippen LogP contribution in [0.15, 0.2) is 24.3 Å². The van der Waals surface area contributed by atoms with Crippen molar-refractivity contribution in [1.29, 1.82) is 0 Å². The van der Waals surface area contributed by atoms with E-state index in [-0.39, 0.29) is 24.8 Å². The van der Waals surface area contributed by atoms with E-state index in [1.54, 1.807) is 18.2 Å². The third-order valence-corrected chi connectivity index (χ3v) is 4.60. The topological polar surface area (TPSA) is 110 Å². The van der Waals surface area contributed by atoms with Crippen LogP contribution >= 0.6 is 0 Å². The normalized spacial score (nSPS) is 13.6. The van der Waals surface area contributed by atoms with E-state index >= 15 is 0 Å². The van der Waals surface area contributed by atoms with Gasteiger partial charge in [-0.15, -0.1) is 5.06 Å². The predicted octanol–water partition coefficient (Wildman–Crippen LogP) is 3.49. The van der Waals surface area contributed by atoms with E-state index < -0.39 is 23.8 Å². The van der Waals surface area contributed by atoms with Crippen LogP contribution in [0, 0.1) is 0 Å². The van der Waals surface area contributed by atoms with E-state index in [0.717, 1.165) is 38.5 Å². The van der Waals surface area contributed by atoms with E-state index in [0.29, 0.717) is 23.8 Å². The molecule has 0 unspecified atom stereocenters. The zero-order chi connectivity index (χ0) is 21.1. The number of carbonyl (C=O) groups is 4. The van der Waals surface area contributed by atoms with Gasteiger partial charge >= 0.3 is 11.9 Å². The van der Waals surface area contributed by atoms with Crippen LogP contribution in [0.2, 0.25) is 0 Å². The molecule has 0 radical (unpaired) electrons. The van der Waals surface area contributed by atoms with Crippen molar-refractivity contribution in [3.05, 3.63) is 29.8 Å². The minimum Gasteiger partial charge on any atom is -0.493 e. The minimum absolute atomic E-state index is 0.100. The lowest BCUT2D eigenvalue weighted by Crippen LogP contribution is -2.31. The first-order chi connectivity index (χ1) is 14.0. The van der Waals surface area contributed by atoms with Crippen molar-refractivity contribution in [2.24, 2.45) is 0 Å². The van der Waals surface area contributed by atoms with Gasteiger partial charge in [-0.3, -0.25) is 9.59 Å². The Hall–Kier alpha value is -2.90. The number of benzene rings is 1. The largest absolute Gasteiger partial charge is 0.493 e. The Morgan fingerprint density at radius 2 is 1.48 bits per heavy atom. The van der Waals surface area contributed by atoms with Gasteiger partial charge in [0.2, 0.25) is 0 Å². The third kappa shape index (κ3) is 7.56. The number of nitrogens with zero attached hydrogens (tertiary/aromatic N) is 1. The Labute approximate surface area is 169 Å². The summed E-state index contributed by atoms with van der Waals surface area (Å²) in [5.74, 6) is -2.07. The SMILES string of the molecule is O=C(CCCCCCCCCOc1ccccc1C(=O)O)ON1C(=O)CCC1=O. The quantitative estimate of drug-likeness (QED) is 0.395. The molecule has 8 heteroatoms. The number of carboxylic acid groups (broad SMARTS) is 1. The van der Waals surface area contributed by atoms with Crippen LogP contribution in [0.3, 0.4) is 0 Å². The lowest BCUT2D eigenvalue weighted by atomic mass is 10.1. The number of carbonyl (C=O) groups excluding carboxylic acids is 3. The number of hydrogen-bond acceptors (Lipinski definition) is 6. The molecule has 0 atom stereocenters. The summed E-state index contributed by atoms with van der Waals surface area (Å²) in [4.78, 5) is 50.3.